The van der Waals surface area contributed by atoms with Crippen molar-refractivity contribution in [2.75, 3.05) is 26.2 Å². The highest BCUT2D eigenvalue weighted by molar-refractivity contribution is 5.65. The zero-order valence-electron chi connectivity index (χ0n) is 6.63. The SMILES string of the molecule is C[C@H]1C[NH+](CC(=O)[O-])CCO1. The Morgan fingerprint density at radius 2 is 2.55 bits per heavy atom. The molecule has 0 bridgehead atoms. The average molecular weight is 159 g/mol. The van der Waals surface area contributed by atoms with Gasteiger partial charge in [0, 0.05) is 0 Å². The smallest absolute Gasteiger partial charge is 0.118 e. The molecular formula is C7H13NO3. The van der Waals surface area contributed by atoms with Crippen LogP contribution in [-0.2, 0) is 9.53 Å². The van der Waals surface area contributed by atoms with Crippen molar-refractivity contribution in [2.24, 2.45) is 0 Å². The Hall–Kier alpha value is -0.610. The number of carboxylic acids is 1. The highest BCUT2D eigenvalue weighted by Gasteiger charge is 2.19. The molecule has 0 aromatic heterocycles. The molecule has 1 N–H and O–H groups in total. The standard InChI is InChI=1S/C7H13NO3/c1-6-4-8(2-3-11-6)5-7(9)10/h6H,2-5H2,1H3,(H,9,10)/t6-/m0/s1. The van der Waals surface area contributed by atoms with E-state index in [1.54, 1.807) is 0 Å². The van der Waals surface area contributed by atoms with E-state index in [1.807, 2.05) is 6.92 Å². The summed E-state index contributed by atoms with van der Waals surface area (Å²) in [6.45, 7) is 4.26. The first-order valence-electron chi connectivity index (χ1n) is 3.83. The van der Waals surface area contributed by atoms with Crippen LogP contribution in [0.2, 0.25) is 0 Å². The minimum absolute atomic E-state index is 0.105. The van der Waals surface area contributed by atoms with Gasteiger partial charge >= 0.3 is 0 Å². The van der Waals surface area contributed by atoms with E-state index in [0.717, 1.165) is 18.0 Å². The van der Waals surface area contributed by atoms with Gasteiger partial charge in [0.25, 0.3) is 0 Å². The van der Waals surface area contributed by atoms with Crippen molar-refractivity contribution in [1.29, 1.82) is 0 Å². The van der Waals surface area contributed by atoms with Crippen LogP contribution in [0.1, 0.15) is 6.92 Å². The molecule has 0 aliphatic carbocycles. The Morgan fingerprint density at radius 1 is 1.82 bits per heavy atom. The van der Waals surface area contributed by atoms with Crippen LogP contribution in [0.3, 0.4) is 0 Å². The van der Waals surface area contributed by atoms with Gasteiger partial charge in [-0.3, -0.25) is 0 Å². The van der Waals surface area contributed by atoms with E-state index in [1.165, 1.54) is 0 Å². The molecule has 1 fully saturated rings. The van der Waals surface area contributed by atoms with Crippen LogP contribution in [-0.4, -0.2) is 38.3 Å². The molecule has 0 spiro atoms. The molecular weight excluding hydrogens is 146 g/mol. The molecule has 0 aromatic carbocycles. The van der Waals surface area contributed by atoms with Gasteiger partial charge in [0.2, 0.25) is 0 Å². The summed E-state index contributed by atoms with van der Waals surface area (Å²) >= 11 is 0. The van der Waals surface area contributed by atoms with Crippen LogP contribution in [0.4, 0.5) is 0 Å². The molecule has 0 saturated carbocycles. The molecule has 64 valence electrons. The Labute approximate surface area is 65.8 Å². The molecule has 1 aliphatic heterocycles. The molecule has 0 aromatic rings. The zero-order valence-corrected chi connectivity index (χ0v) is 6.63. The number of quaternary nitrogens is 1. The summed E-state index contributed by atoms with van der Waals surface area (Å²) in [7, 11) is 0. The lowest BCUT2D eigenvalue weighted by molar-refractivity contribution is -0.905. The average Bonchev–Trinajstić information content (AvgIpc) is 1.85. The van der Waals surface area contributed by atoms with Gasteiger partial charge in [-0.25, -0.2) is 0 Å². The van der Waals surface area contributed by atoms with Crippen molar-refractivity contribution < 1.29 is 19.5 Å². The molecule has 1 unspecified atom stereocenters. The number of carboxylic acid groups (broad SMARTS) is 1. The van der Waals surface area contributed by atoms with E-state index in [0.29, 0.717) is 6.61 Å². The summed E-state index contributed by atoms with van der Waals surface area (Å²) in [5.74, 6) is -0.978. The maximum Gasteiger partial charge on any atom is 0.118 e. The van der Waals surface area contributed by atoms with E-state index in [-0.39, 0.29) is 12.6 Å². The van der Waals surface area contributed by atoms with E-state index in [2.05, 4.69) is 0 Å². The number of carbonyl (C=O) groups excluding carboxylic acids is 1. The highest BCUT2D eigenvalue weighted by Crippen LogP contribution is 1.88. The Morgan fingerprint density at radius 3 is 3.09 bits per heavy atom. The quantitative estimate of drug-likeness (QED) is 0.468. The Bertz CT molecular complexity index is 149. The summed E-state index contributed by atoms with van der Waals surface area (Å²) in [5.41, 5.74) is 0. The molecule has 4 heteroatoms. The fourth-order valence-corrected chi connectivity index (χ4v) is 1.34. The number of hydrogen-bond acceptors (Lipinski definition) is 3. The van der Waals surface area contributed by atoms with Gasteiger partial charge in [-0.2, -0.15) is 0 Å². The summed E-state index contributed by atoms with van der Waals surface area (Å²) in [4.78, 5) is 11.2. The lowest BCUT2D eigenvalue weighted by atomic mass is 10.3. The zero-order chi connectivity index (χ0) is 8.27. The van der Waals surface area contributed by atoms with Crippen molar-refractivity contribution in [3.63, 3.8) is 0 Å². The van der Waals surface area contributed by atoms with E-state index in [4.69, 9.17) is 4.74 Å². The number of hydrogen-bond donors (Lipinski definition) is 1. The number of carbonyl (C=O) groups is 1. The third kappa shape index (κ3) is 2.86. The van der Waals surface area contributed by atoms with Crippen LogP contribution in [0, 0.1) is 0 Å². The number of rotatable bonds is 2. The van der Waals surface area contributed by atoms with Crippen LogP contribution in [0.5, 0.6) is 0 Å². The summed E-state index contributed by atoms with van der Waals surface area (Å²) in [6, 6.07) is 0. The lowest BCUT2D eigenvalue weighted by Gasteiger charge is -2.28. The van der Waals surface area contributed by atoms with Gasteiger partial charge < -0.3 is 19.5 Å². The first-order chi connectivity index (χ1) is 5.18. The second kappa shape index (κ2) is 3.69. The molecule has 1 rings (SSSR count). The van der Waals surface area contributed by atoms with Gasteiger partial charge in [-0.1, -0.05) is 0 Å². The number of aliphatic carboxylic acids is 1. The molecule has 0 radical (unpaired) electrons. The minimum Gasteiger partial charge on any atom is -0.544 e. The van der Waals surface area contributed by atoms with Crippen LogP contribution < -0.4 is 10.0 Å². The van der Waals surface area contributed by atoms with Crippen molar-refractivity contribution in [3.05, 3.63) is 0 Å². The first kappa shape index (κ1) is 8.49. The molecule has 2 atom stereocenters. The summed E-state index contributed by atoms with van der Waals surface area (Å²) in [5, 5.41) is 10.2. The maximum atomic E-state index is 10.2. The van der Waals surface area contributed by atoms with Crippen molar-refractivity contribution in [2.45, 2.75) is 13.0 Å². The van der Waals surface area contributed by atoms with Crippen molar-refractivity contribution in [3.8, 4) is 0 Å². The molecule has 11 heavy (non-hydrogen) atoms. The van der Waals surface area contributed by atoms with Crippen LogP contribution >= 0.6 is 0 Å². The van der Waals surface area contributed by atoms with Crippen LogP contribution in [0.15, 0.2) is 0 Å². The molecule has 1 aliphatic rings. The van der Waals surface area contributed by atoms with Gasteiger partial charge in [0.1, 0.15) is 25.7 Å². The molecule has 1 saturated heterocycles. The summed E-state index contributed by atoms with van der Waals surface area (Å²) < 4.78 is 5.26. The summed E-state index contributed by atoms with van der Waals surface area (Å²) in [6.07, 6.45) is 0.179. The van der Waals surface area contributed by atoms with Gasteiger partial charge in [-0.05, 0) is 6.92 Å². The van der Waals surface area contributed by atoms with E-state index < -0.39 is 5.97 Å². The minimum atomic E-state index is -0.978. The number of nitrogens with one attached hydrogen (secondary N) is 1. The van der Waals surface area contributed by atoms with E-state index in [9.17, 15) is 9.90 Å². The second-order valence-electron chi connectivity index (χ2n) is 2.93. The van der Waals surface area contributed by atoms with Crippen molar-refractivity contribution in [1.82, 2.24) is 0 Å². The third-order valence-electron chi connectivity index (χ3n) is 1.83. The number of ether oxygens (including phenoxy) is 1. The molecule has 0 amide bonds. The van der Waals surface area contributed by atoms with Gasteiger partial charge in [0.05, 0.1) is 12.6 Å². The van der Waals surface area contributed by atoms with Crippen LogP contribution in [0.25, 0.3) is 0 Å². The van der Waals surface area contributed by atoms with Gasteiger partial charge in [-0.15, -0.1) is 0 Å². The molecule has 1 heterocycles. The molecule has 4 nitrogen and oxygen atoms in total. The fourth-order valence-electron chi connectivity index (χ4n) is 1.34. The fraction of sp³-hybridized carbons (Fsp3) is 0.857. The predicted molar refractivity (Wildman–Crippen MR) is 36.0 cm³/mol. The first-order valence-corrected chi connectivity index (χ1v) is 3.83. The predicted octanol–water partition coefficient (Wildman–Crippen LogP) is -2.96. The largest absolute Gasteiger partial charge is 0.544 e. The highest BCUT2D eigenvalue weighted by atomic mass is 16.5. The van der Waals surface area contributed by atoms with E-state index >= 15 is 0 Å². The third-order valence-corrected chi connectivity index (χ3v) is 1.83. The lowest BCUT2D eigenvalue weighted by Crippen LogP contribution is -3.16. The second-order valence-corrected chi connectivity index (χ2v) is 2.93. The maximum absolute atomic E-state index is 10.2. The Balaban J connectivity index is 2.28. The topological polar surface area (TPSA) is 53.8 Å². The van der Waals surface area contributed by atoms with Gasteiger partial charge in [0.15, 0.2) is 0 Å². The monoisotopic (exact) mass is 159 g/mol. The normalized spacial score (nSPS) is 31.7. The Kier molecular flexibility index (Phi) is 2.84. The van der Waals surface area contributed by atoms with Crippen molar-refractivity contribution >= 4 is 5.97 Å². The number of morpholine rings is 1.